The Morgan fingerprint density at radius 2 is 0.852 bits per heavy atom. The fourth-order valence-electron chi connectivity index (χ4n) is 9.37. The summed E-state index contributed by atoms with van der Waals surface area (Å²) in [6.07, 6.45) is 0. The first-order valence-electron chi connectivity index (χ1n) is 20.7. The summed E-state index contributed by atoms with van der Waals surface area (Å²) in [5.41, 5.74) is 11.4. The molecule has 13 rings (SSSR count). The Hall–Kier alpha value is -7.79. The van der Waals surface area contributed by atoms with E-state index in [1.807, 2.05) is 17.4 Å². The van der Waals surface area contributed by atoms with Crippen LogP contribution in [-0.2, 0) is 0 Å². The number of pyridine rings is 3. The predicted octanol–water partition coefficient (Wildman–Crippen LogP) is 15.8. The molecular weight excluding hydrogens is 759 g/mol. The van der Waals surface area contributed by atoms with E-state index >= 15 is 0 Å². The van der Waals surface area contributed by atoms with Gasteiger partial charge in [-0.3, -0.25) is 0 Å². The Balaban J connectivity index is 0.849. The Bertz CT molecular complexity index is 3930. The van der Waals surface area contributed by atoms with Crippen molar-refractivity contribution in [2.24, 2.45) is 0 Å². The lowest BCUT2D eigenvalue weighted by molar-refractivity contribution is 1.37. The summed E-state index contributed by atoms with van der Waals surface area (Å²) < 4.78 is 2.64. The molecule has 0 aliphatic carbocycles. The first-order valence-corrected chi connectivity index (χ1v) is 21.5. The molecule has 61 heavy (non-hydrogen) atoms. The Morgan fingerprint density at radius 3 is 1.61 bits per heavy atom. The van der Waals surface area contributed by atoms with Gasteiger partial charge in [-0.1, -0.05) is 164 Å². The van der Waals surface area contributed by atoms with Crippen molar-refractivity contribution in [1.82, 2.24) is 15.0 Å². The van der Waals surface area contributed by atoms with Crippen LogP contribution >= 0.6 is 11.3 Å². The number of para-hydroxylation sites is 1. The molecule has 0 fully saturated rings. The summed E-state index contributed by atoms with van der Waals surface area (Å²) in [4.78, 5) is 15.6. The van der Waals surface area contributed by atoms with Crippen molar-refractivity contribution in [2.45, 2.75) is 0 Å². The first-order chi connectivity index (χ1) is 30.2. The van der Waals surface area contributed by atoms with Gasteiger partial charge in [0, 0.05) is 63.8 Å². The van der Waals surface area contributed by atoms with Crippen molar-refractivity contribution in [3.05, 3.63) is 200 Å². The van der Waals surface area contributed by atoms with Crippen molar-refractivity contribution in [2.75, 3.05) is 0 Å². The molecule has 4 heteroatoms. The SMILES string of the molecule is c1ccc(-c2ccc3ccc4ccc(-c5ccc6c(ccc7cc(-c8ccc(-c9nc%10ccccc%10c%10c9ccc9c%11ccccc%11sc9%10)cc8)ccc76)c5)nc4c3n2)cc1. The van der Waals surface area contributed by atoms with E-state index in [-0.39, 0.29) is 0 Å². The summed E-state index contributed by atoms with van der Waals surface area (Å²) >= 11 is 1.88. The van der Waals surface area contributed by atoms with Crippen LogP contribution in [0, 0.1) is 0 Å². The van der Waals surface area contributed by atoms with Crippen LogP contribution in [0.5, 0.6) is 0 Å². The molecule has 9 aromatic carbocycles. The largest absolute Gasteiger partial charge is 0.247 e. The highest BCUT2D eigenvalue weighted by molar-refractivity contribution is 7.26. The predicted molar refractivity (Wildman–Crippen MR) is 259 cm³/mol. The Morgan fingerprint density at radius 1 is 0.311 bits per heavy atom. The molecule has 13 aromatic rings. The molecule has 0 saturated heterocycles. The van der Waals surface area contributed by atoms with Gasteiger partial charge in [-0.15, -0.1) is 11.3 Å². The van der Waals surface area contributed by atoms with Crippen LogP contribution < -0.4 is 0 Å². The molecule has 4 heterocycles. The Labute approximate surface area is 354 Å². The average molecular weight is 792 g/mol. The highest BCUT2D eigenvalue weighted by Crippen LogP contribution is 2.43. The normalized spacial score (nSPS) is 11.9. The van der Waals surface area contributed by atoms with Crippen LogP contribution in [0.4, 0.5) is 0 Å². The second-order valence-electron chi connectivity index (χ2n) is 15.9. The van der Waals surface area contributed by atoms with E-state index in [1.54, 1.807) is 0 Å². The van der Waals surface area contributed by atoms with Crippen molar-refractivity contribution in [1.29, 1.82) is 0 Å². The molecule has 0 aliphatic heterocycles. The lowest BCUT2D eigenvalue weighted by Gasteiger charge is -2.12. The smallest absolute Gasteiger partial charge is 0.0972 e. The maximum Gasteiger partial charge on any atom is 0.0972 e. The van der Waals surface area contributed by atoms with Gasteiger partial charge >= 0.3 is 0 Å². The third-order valence-corrected chi connectivity index (χ3v) is 13.6. The highest BCUT2D eigenvalue weighted by Gasteiger charge is 2.17. The highest BCUT2D eigenvalue weighted by atomic mass is 32.1. The minimum absolute atomic E-state index is 0.919. The molecular formula is C57H33N3S. The van der Waals surface area contributed by atoms with E-state index in [0.29, 0.717) is 0 Å². The number of hydrogen-bond acceptors (Lipinski definition) is 4. The van der Waals surface area contributed by atoms with E-state index in [1.165, 1.54) is 69.0 Å². The number of nitrogens with zero attached hydrogens (tertiary/aromatic N) is 3. The second kappa shape index (κ2) is 13.4. The quantitative estimate of drug-likeness (QED) is 0.167. The average Bonchev–Trinajstić information content (AvgIpc) is 3.72. The topological polar surface area (TPSA) is 38.7 Å². The molecule has 0 radical (unpaired) electrons. The summed E-state index contributed by atoms with van der Waals surface area (Å²) in [5, 5.41) is 13.3. The summed E-state index contributed by atoms with van der Waals surface area (Å²) in [6, 6.07) is 71.9. The fourth-order valence-corrected chi connectivity index (χ4v) is 10.6. The van der Waals surface area contributed by atoms with Gasteiger partial charge in [0.2, 0.25) is 0 Å². The molecule has 0 amide bonds. The summed E-state index contributed by atoms with van der Waals surface area (Å²) in [7, 11) is 0. The number of aromatic nitrogens is 3. The van der Waals surface area contributed by atoms with Crippen molar-refractivity contribution in [3.63, 3.8) is 0 Å². The van der Waals surface area contributed by atoms with E-state index in [2.05, 4.69) is 194 Å². The van der Waals surface area contributed by atoms with Crippen molar-refractivity contribution in [3.8, 4) is 44.9 Å². The summed E-state index contributed by atoms with van der Waals surface area (Å²) in [5.74, 6) is 0. The third kappa shape index (κ3) is 5.46. The zero-order chi connectivity index (χ0) is 40.0. The molecule has 0 spiro atoms. The molecule has 0 bridgehead atoms. The number of hydrogen-bond donors (Lipinski definition) is 0. The van der Waals surface area contributed by atoms with Crippen LogP contribution in [0.25, 0.3) is 130 Å². The van der Waals surface area contributed by atoms with Gasteiger partial charge < -0.3 is 0 Å². The van der Waals surface area contributed by atoms with Crippen LogP contribution in [0.1, 0.15) is 0 Å². The minimum atomic E-state index is 0.919. The number of rotatable bonds is 4. The first kappa shape index (κ1) is 34.1. The van der Waals surface area contributed by atoms with Crippen LogP contribution in [0.2, 0.25) is 0 Å². The molecule has 282 valence electrons. The van der Waals surface area contributed by atoms with Gasteiger partial charge in [0.15, 0.2) is 0 Å². The minimum Gasteiger partial charge on any atom is -0.247 e. The molecule has 3 nitrogen and oxygen atoms in total. The van der Waals surface area contributed by atoms with Gasteiger partial charge in [-0.25, -0.2) is 15.0 Å². The third-order valence-electron chi connectivity index (χ3n) is 12.4. The maximum absolute atomic E-state index is 5.27. The molecule has 4 aromatic heterocycles. The van der Waals surface area contributed by atoms with Crippen LogP contribution in [-0.4, -0.2) is 15.0 Å². The van der Waals surface area contributed by atoms with Gasteiger partial charge in [0.25, 0.3) is 0 Å². The number of thiophene rings is 1. The second-order valence-corrected chi connectivity index (χ2v) is 17.0. The molecule has 0 aliphatic rings. The maximum atomic E-state index is 5.27. The van der Waals surface area contributed by atoms with E-state index < -0.39 is 0 Å². The van der Waals surface area contributed by atoms with Gasteiger partial charge in [0.05, 0.1) is 33.6 Å². The van der Waals surface area contributed by atoms with Gasteiger partial charge in [0.1, 0.15) is 0 Å². The van der Waals surface area contributed by atoms with Crippen LogP contribution in [0.15, 0.2) is 200 Å². The van der Waals surface area contributed by atoms with E-state index in [0.717, 1.165) is 61.1 Å². The molecule has 0 saturated carbocycles. The van der Waals surface area contributed by atoms with Gasteiger partial charge in [-0.2, -0.15) is 0 Å². The zero-order valence-corrected chi connectivity index (χ0v) is 33.6. The fraction of sp³-hybridized carbons (Fsp3) is 0. The van der Waals surface area contributed by atoms with Crippen molar-refractivity contribution < 1.29 is 0 Å². The lowest BCUT2D eigenvalue weighted by atomic mass is 9.94. The Kier molecular flexibility index (Phi) is 7.47. The zero-order valence-electron chi connectivity index (χ0n) is 32.8. The molecule has 0 atom stereocenters. The van der Waals surface area contributed by atoms with E-state index in [9.17, 15) is 0 Å². The van der Waals surface area contributed by atoms with Crippen LogP contribution in [0.3, 0.4) is 0 Å². The molecule has 0 unspecified atom stereocenters. The van der Waals surface area contributed by atoms with E-state index in [4.69, 9.17) is 15.0 Å². The lowest BCUT2D eigenvalue weighted by Crippen LogP contribution is -1.91. The molecule has 0 N–H and O–H groups in total. The van der Waals surface area contributed by atoms with Gasteiger partial charge in [-0.05, 0) is 69.1 Å². The standard InChI is InChI=1S/C57H33N3S/c1-2-8-35(9-3-1)49-30-24-37-18-19-38-25-31-50(59-56(38)55(37)58-49)42-23-27-44-41(33-42)21-20-40-32-39(22-26-43(40)44)34-14-16-36(17-15-34)54-48-29-28-46-45-10-5-7-13-52(45)61-57(46)53(48)47-11-4-6-12-51(47)60-54/h1-33H. The van der Waals surface area contributed by atoms with Crippen molar-refractivity contribution >= 4 is 96.5 Å². The number of fused-ring (bicyclic) bond motifs is 13. The monoisotopic (exact) mass is 791 g/mol. The summed E-state index contributed by atoms with van der Waals surface area (Å²) in [6.45, 7) is 0. The number of benzene rings is 9.